The fourth-order valence-electron chi connectivity index (χ4n) is 0.344. The van der Waals surface area contributed by atoms with Crippen molar-refractivity contribution in [3.05, 3.63) is 0 Å². The van der Waals surface area contributed by atoms with Gasteiger partial charge in [-0.2, -0.15) is 0 Å². The average molecular weight is 273 g/mol. The van der Waals surface area contributed by atoms with Crippen LogP contribution in [-0.4, -0.2) is 69.0 Å². The molecule has 0 fully saturated rings. The normalized spacial score (nSPS) is 10.4. The Hall–Kier alpha value is 2.23. The van der Waals surface area contributed by atoms with Crippen molar-refractivity contribution in [2.45, 2.75) is 13.4 Å². The molecule has 0 spiro atoms. The van der Waals surface area contributed by atoms with Crippen LogP contribution in [0.2, 0.25) is 0.515 Å². The molecule has 0 radical (unpaired) electrons. The van der Waals surface area contributed by atoms with Gasteiger partial charge < -0.3 is 14.7 Å². The quantitative estimate of drug-likeness (QED) is 0.308. The summed E-state index contributed by atoms with van der Waals surface area (Å²) >= 11 is 4.46. The van der Waals surface area contributed by atoms with Gasteiger partial charge in [-0.15, -0.1) is 0 Å². The second kappa shape index (κ2) is 10.3. The molecular weight excluding hydrogens is 262 g/mol. The fourth-order valence-corrected chi connectivity index (χ4v) is 1.52. The van der Waals surface area contributed by atoms with E-state index >= 15 is 0 Å². The van der Waals surface area contributed by atoms with E-state index in [2.05, 4.69) is 15.9 Å². The van der Waals surface area contributed by atoms with Crippen molar-refractivity contribution in [2.24, 2.45) is 0 Å². The molecule has 0 amide bonds. The fraction of sp³-hybridized carbons (Fsp3) is 1.00. The van der Waals surface area contributed by atoms with Gasteiger partial charge in [-0.1, -0.05) is 0 Å². The number of rotatable bonds is 3. The zero-order valence-corrected chi connectivity index (χ0v) is 12.0. The zero-order chi connectivity index (χ0) is 9.33. The zero-order valence-electron chi connectivity index (χ0n) is 6.40. The van der Waals surface area contributed by atoms with Gasteiger partial charge in [0.25, 0.3) is 0 Å². The molecule has 0 aliphatic carbocycles. The molecule has 0 aliphatic heterocycles. The Balaban J connectivity index is 0. The first kappa shape index (κ1) is 15.7. The van der Waals surface area contributed by atoms with E-state index in [-0.39, 0.29) is 0 Å². The first-order valence-corrected chi connectivity index (χ1v) is 8.15. The van der Waals surface area contributed by atoms with Crippen LogP contribution < -0.4 is 0 Å². The Bertz CT molecular complexity index is 104. The molecule has 0 atom stereocenters. The van der Waals surface area contributed by atoms with Crippen LogP contribution in [0.15, 0.2) is 0 Å². The van der Waals surface area contributed by atoms with Crippen molar-refractivity contribution in [1.29, 1.82) is 0 Å². The van der Waals surface area contributed by atoms with Crippen LogP contribution in [0.25, 0.3) is 0 Å². The predicted octanol–water partition coefficient (Wildman–Crippen LogP) is 0.820. The summed E-state index contributed by atoms with van der Waals surface area (Å²) < 4.78 is 10.4. The third-order valence-electron chi connectivity index (χ3n) is 0.737. The van der Waals surface area contributed by atoms with E-state index in [0.29, 0.717) is 0 Å². The maximum atomic E-state index is 8.88. The van der Waals surface area contributed by atoms with Gasteiger partial charge in [-0.25, -0.2) is 4.57 Å². The summed E-state index contributed by atoms with van der Waals surface area (Å²) in [6.07, 6.45) is 2.83. The van der Waals surface area contributed by atoms with E-state index in [4.69, 9.17) is 19.2 Å². The Labute approximate surface area is 109 Å². The van der Waals surface area contributed by atoms with E-state index < -0.39 is 7.82 Å². The number of hydrogen-bond acceptors (Lipinski definition) is 1. The minimum absolute atomic E-state index is 1.09. The molecule has 64 valence electrons. The first-order valence-electron chi connectivity index (χ1n) is 3.26. The van der Waals surface area contributed by atoms with Gasteiger partial charge in [0.05, 0.1) is 0 Å². The molecule has 7 heteroatoms. The second-order valence-corrected chi connectivity index (χ2v) is 5.29. The van der Waals surface area contributed by atoms with Crippen molar-refractivity contribution in [3.63, 3.8) is 0 Å². The predicted molar refractivity (Wildman–Crippen MR) is 47.9 cm³/mol. The summed E-state index contributed by atoms with van der Waals surface area (Å²) in [7, 11) is -4.64. The van der Waals surface area contributed by atoms with Gasteiger partial charge in [-0.05, 0) is 0 Å². The van der Waals surface area contributed by atoms with Crippen molar-refractivity contribution in [1.82, 2.24) is 0 Å². The van der Waals surface area contributed by atoms with Gasteiger partial charge in [0.1, 0.15) is 0 Å². The topological polar surface area (TPSA) is 77.8 Å². The third kappa shape index (κ3) is 46.8. The molecule has 0 bridgehead atoms. The van der Waals surface area contributed by atoms with Crippen molar-refractivity contribution in [2.75, 3.05) is 5.33 Å². The molecule has 0 aromatic heterocycles. The van der Waals surface area contributed by atoms with Crippen LogP contribution in [0.4, 0.5) is 0 Å². The van der Waals surface area contributed by atoms with Crippen molar-refractivity contribution in [3.8, 4) is 0 Å². The molecule has 4 nitrogen and oxygen atoms in total. The molecular formula is C4H11BrKO4P. The van der Waals surface area contributed by atoms with Crippen LogP contribution in [0.1, 0.15) is 12.8 Å². The minimum atomic E-state index is -4.64. The SMILES string of the molecule is O=P(O)(O)O.[K][CH2]CCCBr. The second-order valence-electron chi connectivity index (χ2n) is 1.91. The molecule has 0 saturated heterocycles. The van der Waals surface area contributed by atoms with E-state index in [1.165, 1.54) is 18.7 Å². The standard InChI is InChI=1S/C4H8Br.K.H3O4P/c1-2-3-4-5;;1-5(2,3)4/h1-4H2;;(H3,1,2,3,4). The monoisotopic (exact) mass is 272 g/mol. The molecule has 11 heavy (non-hydrogen) atoms. The number of phosphoric acid groups is 1. The summed E-state index contributed by atoms with van der Waals surface area (Å²) in [5.41, 5.74) is 0. The molecule has 0 saturated carbocycles. The maximum absolute atomic E-state index is 8.88. The average Bonchev–Trinajstić information content (AvgIpc) is 1.79. The Morgan fingerprint density at radius 2 is 1.64 bits per heavy atom. The van der Waals surface area contributed by atoms with E-state index in [9.17, 15) is 0 Å². The number of unbranched alkanes of at least 4 members (excludes halogenated alkanes) is 1. The summed E-state index contributed by atoms with van der Waals surface area (Å²) in [5.74, 6) is 0. The Kier molecular flexibility index (Phi) is 14.7. The summed E-state index contributed by atoms with van der Waals surface area (Å²) in [6.45, 7) is 0. The molecule has 3 N–H and O–H groups in total. The molecule has 0 aliphatic rings. The van der Waals surface area contributed by atoms with Crippen molar-refractivity contribution >= 4 is 72.7 Å². The third-order valence-corrected chi connectivity index (χ3v) is 2.40. The summed E-state index contributed by atoms with van der Waals surface area (Å²) in [5, 5.41) is 1.20. The number of alkyl halides is 1. The molecule has 0 heterocycles. The molecule has 0 rings (SSSR count). The van der Waals surface area contributed by atoms with Gasteiger partial charge in [-0.3, -0.25) is 0 Å². The van der Waals surface area contributed by atoms with Crippen LogP contribution >= 0.6 is 23.8 Å². The van der Waals surface area contributed by atoms with Crippen LogP contribution in [0, 0.1) is 0 Å². The van der Waals surface area contributed by atoms with Gasteiger partial charge in [0.2, 0.25) is 0 Å². The molecule has 0 aromatic carbocycles. The summed E-state index contributed by atoms with van der Waals surface area (Å²) in [4.78, 5) is 21.6. The van der Waals surface area contributed by atoms with Crippen LogP contribution in [0.3, 0.4) is 0 Å². The van der Waals surface area contributed by atoms with Gasteiger partial charge in [0.15, 0.2) is 0 Å². The van der Waals surface area contributed by atoms with E-state index in [1.54, 1.807) is 0 Å². The number of halogens is 1. The van der Waals surface area contributed by atoms with Crippen molar-refractivity contribution < 1.29 is 19.2 Å². The Morgan fingerprint density at radius 3 is 1.73 bits per heavy atom. The Morgan fingerprint density at radius 1 is 1.27 bits per heavy atom. The first-order chi connectivity index (χ1) is 4.91. The number of hydrogen-bond donors (Lipinski definition) is 3. The molecule has 0 unspecified atom stereocenters. The van der Waals surface area contributed by atoms with Crippen LogP contribution in [-0.2, 0) is 4.57 Å². The van der Waals surface area contributed by atoms with Crippen LogP contribution in [0.5, 0.6) is 0 Å². The van der Waals surface area contributed by atoms with E-state index in [0.717, 1.165) is 49.0 Å². The van der Waals surface area contributed by atoms with Gasteiger partial charge >= 0.3 is 91.4 Å². The summed E-state index contributed by atoms with van der Waals surface area (Å²) in [6, 6.07) is 0. The molecule has 0 aromatic rings. The van der Waals surface area contributed by atoms with Gasteiger partial charge in [0, 0.05) is 0 Å². The van der Waals surface area contributed by atoms with E-state index in [1.807, 2.05) is 0 Å².